The zero-order chi connectivity index (χ0) is 9.84. The van der Waals surface area contributed by atoms with E-state index in [2.05, 4.69) is 4.74 Å². The molecule has 0 spiro atoms. The maximum absolute atomic E-state index is 11.7. The van der Waals surface area contributed by atoms with Crippen LogP contribution in [-0.2, 0) is 0 Å². The Balaban J connectivity index is 3.01. The van der Waals surface area contributed by atoms with Crippen molar-refractivity contribution in [2.24, 2.45) is 0 Å². The van der Waals surface area contributed by atoms with Crippen LogP contribution in [0.3, 0.4) is 0 Å². The Labute approximate surface area is 72.6 Å². The first-order valence-corrected chi connectivity index (χ1v) is 3.36. The molecule has 1 rings (SSSR count). The zero-order valence-corrected chi connectivity index (χ0v) is 6.41. The Bertz CT molecular complexity index is 312. The first-order valence-electron chi connectivity index (χ1n) is 3.36. The molecule has 3 nitrogen and oxygen atoms in total. The standard InChI is InChI=1S/C8H6F2O3/c9-8(10)13-7-3-6(12)2-1-5(7)4-11/h1-4,8,12H. The quantitative estimate of drug-likeness (QED) is 0.735. The first-order chi connectivity index (χ1) is 6.13. The molecule has 13 heavy (non-hydrogen) atoms. The highest BCUT2D eigenvalue weighted by Crippen LogP contribution is 2.24. The molecular weight excluding hydrogens is 182 g/mol. The predicted molar refractivity (Wildman–Crippen MR) is 40.1 cm³/mol. The van der Waals surface area contributed by atoms with Crippen LogP contribution in [0.25, 0.3) is 0 Å². The number of hydrogen-bond donors (Lipinski definition) is 1. The van der Waals surface area contributed by atoms with Gasteiger partial charge in [-0.2, -0.15) is 8.78 Å². The molecule has 0 heterocycles. The SMILES string of the molecule is O=Cc1ccc(O)cc1OC(F)F. The van der Waals surface area contributed by atoms with Gasteiger partial charge < -0.3 is 9.84 Å². The third-order valence-electron chi connectivity index (χ3n) is 1.34. The predicted octanol–water partition coefficient (Wildman–Crippen LogP) is 1.81. The number of ether oxygens (including phenoxy) is 1. The van der Waals surface area contributed by atoms with Crippen molar-refractivity contribution in [3.05, 3.63) is 23.8 Å². The highest BCUT2D eigenvalue weighted by atomic mass is 19.3. The molecule has 0 saturated carbocycles. The average Bonchev–Trinajstić information content (AvgIpc) is 2.03. The Morgan fingerprint density at radius 3 is 2.69 bits per heavy atom. The second kappa shape index (κ2) is 3.84. The summed E-state index contributed by atoms with van der Waals surface area (Å²) >= 11 is 0. The molecule has 0 amide bonds. The van der Waals surface area contributed by atoms with Crippen LogP contribution in [0.5, 0.6) is 11.5 Å². The third kappa shape index (κ3) is 2.40. The van der Waals surface area contributed by atoms with Crippen LogP contribution in [-0.4, -0.2) is 18.0 Å². The smallest absolute Gasteiger partial charge is 0.387 e. The fourth-order valence-corrected chi connectivity index (χ4v) is 0.818. The number of carbonyl (C=O) groups is 1. The molecule has 70 valence electrons. The van der Waals surface area contributed by atoms with Gasteiger partial charge in [-0.25, -0.2) is 0 Å². The molecule has 1 aromatic carbocycles. The van der Waals surface area contributed by atoms with Crippen LogP contribution < -0.4 is 4.74 Å². The molecule has 0 bridgehead atoms. The van der Waals surface area contributed by atoms with E-state index in [1.807, 2.05) is 0 Å². The van der Waals surface area contributed by atoms with Gasteiger partial charge in [0.1, 0.15) is 11.5 Å². The largest absolute Gasteiger partial charge is 0.508 e. The van der Waals surface area contributed by atoms with Gasteiger partial charge in [-0.15, -0.1) is 0 Å². The second-order valence-electron chi connectivity index (χ2n) is 2.22. The zero-order valence-electron chi connectivity index (χ0n) is 6.41. The van der Waals surface area contributed by atoms with E-state index in [0.717, 1.165) is 6.07 Å². The molecule has 0 aromatic heterocycles. The van der Waals surface area contributed by atoms with E-state index in [1.54, 1.807) is 0 Å². The summed E-state index contributed by atoms with van der Waals surface area (Å²) in [5, 5.41) is 8.91. The van der Waals surface area contributed by atoms with Gasteiger partial charge in [-0.3, -0.25) is 4.79 Å². The minimum absolute atomic E-state index is 0.0295. The van der Waals surface area contributed by atoms with E-state index >= 15 is 0 Å². The number of phenolic OH excluding ortho intramolecular Hbond substituents is 1. The van der Waals surface area contributed by atoms with Crippen LogP contribution in [0.1, 0.15) is 10.4 Å². The van der Waals surface area contributed by atoms with Crippen molar-refractivity contribution in [3.8, 4) is 11.5 Å². The molecule has 0 radical (unpaired) electrons. The van der Waals surface area contributed by atoms with E-state index in [0.29, 0.717) is 6.29 Å². The summed E-state index contributed by atoms with van der Waals surface area (Å²) in [6.45, 7) is -3.01. The van der Waals surface area contributed by atoms with E-state index in [-0.39, 0.29) is 17.1 Å². The van der Waals surface area contributed by atoms with Crippen LogP contribution in [0, 0.1) is 0 Å². The minimum atomic E-state index is -3.01. The van der Waals surface area contributed by atoms with Gasteiger partial charge in [0.2, 0.25) is 0 Å². The van der Waals surface area contributed by atoms with Gasteiger partial charge in [0.25, 0.3) is 0 Å². The molecule has 0 aliphatic carbocycles. The summed E-state index contributed by atoms with van der Waals surface area (Å²) in [5.74, 6) is -0.564. The van der Waals surface area contributed by atoms with Crippen LogP contribution in [0.15, 0.2) is 18.2 Å². The number of hydrogen-bond acceptors (Lipinski definition) is 3. The number of aldehydes is 1. The van der Waals surface area contributed by atoms with Gasteiger partial charge in [0, 0.05) is 6.07 Å². The monoisotopic (exact) mass is 188 g/mol. The molecule has 1 N–H and O–H groups in total. The maximum atomic E-state index is 11.7. The summed E-state index contributed by atoms with van der Waals surface area (Å²) in [6.07, 6.45) is 0.372. The highest BCUT2D eigenvalue weighted by Gasteiger charge is 2.09. The maximum Gasteiger partial charge on any atom is 0.387 e. The van der Waals surface area contributed by atoms with Gasteiger partial charge in [0.15, 0.2) is 6.29 Å². The number of halogens is 2. The number of rotatable bonds is 3. The van der Waals surface area contributed by atoms with Gasteiger partial charge in [-0.05, 0) is 12.1 Å². The molecule has 0 aliphatic heterocycles. The van der Waals surface area contributed by atoms with E-state index in [9.17, 15) is 13.6 Å². The number of carbonyl (C=O) groups excluding carboxylic acids is 1. The van der Waals surface area contributed by atoms with E-state index in [4.69, 9.17) is 5.11 Å². The number of aromatic hydroxyl groups is 1. The fourth-order valence-electron chi connectivity index (χ4n) is 0.818. The van der Waals surface area contributed by atoms with E-state index in [1.165, 1.54) is 12.1 Å². The second-order valence-corrected chi connectivity index (χ2v) is 2.22. The number of benzene rings is 1. The summed E-state index contributed by atoms with van der Waals surface area (Å²) in [6, 6.07) is 3.36. The molecule has 0 aliphatic rings. The first kappa shape index (κ1) is 9.44. The Kier molecular flexibility index (Phi) is 2.79. The average molecular weight is 188 g/mol. The molecule has 0 atom stereocenters. The lowest BCUT2D eigenvalue weighted by atomic mass is 10.2. The lowest BCUT2D eigenvalue weighted by molar-refractivity contribution is -0.0501. The third-order valence-corrected chi connectivity index (χ3v) is 1.34. The summed E-state index contributed by atoms with van der Waals surface area (Å²) in [7, 11) is 0. The lowest BCUT2D eigenvalue weighted by Crippen LogP contribution is -2.03. The van der Waals surface area contributed by atoms with Crippen molar-refractivity contribution in [1.29, 1.82) is 0 Å². The fraction of sp³-hybridized carbons (Fsp3) is 0.125. The van der Waals surface area contributed by atoms with Crippen molar-refractivity contribution in [2.45, 2.75) is 6.61 Å². The Morgan fingerprint density at radius 1 is 1.46 bits per heavy atom. The summed E-state index contributed by atoms with van der Waals surface area (Å²) in [5.41, 5.74) is -0.0295. The van der Waals surface area contributed by atoms with Crippen LogP contribution in [0.4, 0.5) is 8.78 Å². The van der Waals surface area contributed by atoms with Crippen molar-refractivity contribution < 1.29 is 23.4 Å². The van der Waals surface area contributed by atoms with Crippen molar-refractivity contribution in [2.75, 3.05) is 0 Å². The molecule has 5 heteroatoms. The molecular formula is C8H6F2O3. The minimum Gasteiger partial charge on any atom is -0.508 e. The van der Waals surface area contributed by atoms with E-state index < -0.39 is 6.61 Å². The van der Waals surface area contributed by atoms with Gasteiger partial charge >= 0.3 is 6.61 Å². The number of alkyl halides is 2. The lowest BCUT2D eigenvalue weighted by Gasteiger charge is -2.06. The van der Waals surface area contributed by atoms with Gasteiger partial charge in [-0.1, -0.05) is 0 Å². The molecule has 0 fully saturated rings. The summed E-state index contributed by atoms with van der Waals surface area (Å²) < 4.78 is 27.5. The topological polar surface area (TPSA) is 46.5 Å². The molecule has 0 saturated heterocycles. The highest BCUT2D eigenvalue weighted by molar-refractivity contribution is 5.79. The molecule has 1 aromatic rings. The van der Waals surface area contributed by atoms with Crippen LogP contribution >= 0.6 is 0 Å². The summed E-state index contributed by atoms with van der Waals surface area (Å²) in [4.78, 5) is 10.3. The Hall–Kier alpha value is -1.65. The van der Waals surface area contributed by atoms with Crippen LogP contribution in [0.2, 0.25) is 0 Å². The number of phenols is 1. The molecule has 0 unspecified atom stereocenters. The normalized spacial score (nSPS) is 10.1. The van der Waals surface area contributed by atoms with Crippen molar-refractivity contribution in [3.63, 3.8) is 0 Å². The van der Waals surface area contributed by atoms with Gasteiger partial charge in [0.05, 0.1) is 5.56 Å². The van der Waals surface area contributed by atoms with Crippen molar-refractivity contribution in [1.82, 2.24) is 0 Å². The Morgan fingerprint density at radius 2 is 2.15 bits per heavy atom. The van der Waals surface area contributed by atoms with Crippen molar-refractivity contribution >= 4 is 6.29 Å².